The summed E-state index contributed by atoms with van der Waals surface area (Å²) < 4.78 is 17.3. The first-order chi connectivity index (χ1) is 22.8. The zero-order valence-corrected chi connectivity index (χ0v) is 26.7. The lowest BCUT2D eigenvalue weighted by Crippen LogP contribution is -2.52. The number of carbonyl (C=O) groups excluding carboxylic acids is 6. The first-order valence-electron chi connectivity index (χ1n) is 16.0. The molecule has 2 aromatic rings. The van der Waals surface area contributed by atoms with Crippen molar-refractivity contribution in [3.05, 3.63) is 70.8 Å². The van der Waals surface area contributed by atoms with Crippen molar-refractivity contribution < 1.29 is 43.0 Å². The summed E-state index contributed by atoms with van der Waals surface area (Å²) in [6.45, 7) is 5.41. The Bertz CT molecular complexity index is 1350. The van der Waals surface area contributed by atoms with Crippen LogP contribution in [0.15, 0.2) is 48.5 Å². The molecule has 47 heavy (non-hydrogen) atoms. The van der Waals surface area contributed by atoms with Crippen LogP contribution in [0.3, 0.4) is 0 Å². The van der Waals surface area contributed by atoms with Gasteiger partial charge in [-0.1, -0.05) is 38.1 Å². The van der Waals surface area contributed by atoms with E-state index in [1.165, 1.54) is 9.80 Å². The predicted octanol–water partition coefficient (Wildman–Crippen LogP) is 1.86. The van der Waals surface area contributed by atoms with Crippen molar-refractivity contribution in [1.82, 2.24) is 19.6 Å². The van der Waals surface area contributed by atoms with Gasteiger partial charge in [0.1, 0.15) is 12.1 Å². The molecule has 2 unspecified atom stereocenters. The summed E-state index contributed by atoms with van der Waals surface area (Å²) in [5, 5.41) is 0. The molecule has 13 nitrogen and oxygen atoms in total. The maximum Gasteiger partial charge on any atom is 0.262 e. The van der Waals surface area contributed by atoms with Crippen LogP contribution in [0.1, 0.15) is 68.1 Å². The van der Waals surface area contributed by atoms with E-state index in [-0.39, 0.29) is 101 Å². The van der Waals surface area contributed by atoms with E-state index < -0.39 is 47.5 Å². The zero-order valence-electron chi connectivity index (χ0n) is 26.7. The molecule has 3 aliphatic rings. The Balaban J connectivity index is 1.24. The minimum absolute atomic E-state index is 0.123. The van der Waals surface area contributed by atoms with E-state index in [1.807, 2.05) is 0 Å². The Hall–Kier alpha value is -4.46. The van der Waals surface area contributed by atoms with Crippen molar-refractivity contribution in [2.75, 3.05) is 65.8 Å². The van der Waals surface area contributed by atoms with Gasteiger partial charge in [0.2, 0.25) is 11.8 Å². The van der Waals surface area contributed by atoms with E-state index in [9.17, 15) is 28.8 Å². The van der Waals surface area contributed by atoms with Crippen molar-refractivity contribution in [2.45, 2.75) is 38.8 Å². The van der Waals surface area contributed by atoms with E-state index in [0.29, 0.717) is 0 Å². The molecule has 2 aromatic carbocycles. The highest BCUT2D eigenvalue weighted by atomic mass is 16.5. The standard InChI is InChI=1S/C34H40N4O9/c1-3-27(37-29(39)23-9-5-6-10-24(23)30(37)40)33(43)35-13-17-45-18-14-36(16-20-47-22-21-46-19-15-35)34(44)28(4-2)38-31(41)25-11-7-8-12-26(25)32(38)42/h5-12,27-28H,3-4,13-22H2,1-2H3. The molecular weight excluding hydrogens is 608 g/mol. The zero-order chi connectivity index (χ0) is 33.5. The number of fused-ring (bicyclic) bond motifs is 2. The molecule has 0 aromatic heterocycles. The number of rotatable bonds is 6. The first-order valence-corrected chi connectivity index (χ1v) is 16.0. The summed E-state index contributed by atoms with van der Waals surface area (Å²) in [7, 11) is 0. The molecule has 3 heterocycles. The molecule has 0 aliphatic carbocycles. The summed E-state index contributed by atoms with van der Waals surface area (Å²) in [6.07, 6.45) is 0.470. The summed E-state index contributed by atoms with van der Waals surface area (Å²) in [5.74, 6) is -2.76. The molecule has 0 bridgehead atoms. The van der Waals surface area contributed by atoms with E-state index in [1.54, 1.807) is 62.4 Å². The van der Waals surface area contributed by atoms with Crippen LogP contribution in [0.5, 0.6) is 0 Å². The van der Waals surface area contributed by atoms with Gasteiger partial charge >= 0.3 is 0 Å². The number of hydrogen-bond acceptors (Lipinski definition) is 9. The van der Waals surface area contributed by atoms with Gasteiger partial charge in [0.25, 0.3) is 23.6 Å². The van der Waals surface area contributed by atoms with E-state index in [0.717, 1.165) is 9.80 Å². The average molecular weight is 649 g/mol. The molecule has 2 atom stereocenters. The molecule has 3 aliphatic heterocycles. The van der Waals surface area contributed by atoms with Gasteiger partial charge in [0.15, 0.2) is 0 Å². The second-order valence-electron chi connectivity index (χ2n) is 11.4. The first kappa shape index (κ1) is 33.9. The average Bonchev–Trinajstić information content (AvgIpc) is 3.48. The van der Waals surface area contributed by atoms with Gasteiger partial charge in [-0.2, -0.15) is 0 Å². The molecule has 1 saturated heterocycles. The fraction of sp³-hybridized carbons (Fsp3) is 0.471. The maximum absolute atomic E-state index is 13.8. The second kappa shape index (κ2) is 15.4. The topological polar surface area (TPSA) is 143 Å². The van der Waals surface area contributed by atoms with Gasteiger partial charge in [-0.3, -0.25) is 38.6 Å². The predicted molar refractivity (Wildman–Crippen MR) is 168 cm³/mol. The third-order valence-corrected chi connectivity index (χ3v) is 8.64. The molecular formula is C34H40N4O9. The van der Waals surface area contributed by atoms with Crippen LogP contribution in [-0.2, 0) is 23.8 Å². The Morgan fingerprint density at radius 2 is 0.809 bits per heavy atom. The number of imide groups is 2. The highest BCUT2D eigenvalue weighted by Crippen LogP contribution is 2.28. The van der Waals surface area contributed by atoms with Crippen molar-refractivity contribution in [2.24, 2.45) is 0 Å². The summed E-state index contributed by atoms with van der Waals surface area (Å²) in [4.78, 5) is 85.3. The number of nitrogens with zero attached hydrogens (tertiary/aromatic N) is 4. The van der Waals surface area contributed by atoms with Crippen LogP contribution in [0, 0.1) is 0 Å². The van der Waals surface area contributed by atoms with Crippen LogP contribution < -0.4 is 0 Å². The number of hydrogen-bond donors (Lipinski definition) is 0. The van der Waals surface area contributed by atoms with Crippen LogP contribution in [0.4, 0.5) is 0 Å². The lowest BCUT2D eigenvalue weighted by Gasteiger charge is -2.31. The molecule has 0 saturated carbocycles. The Morgan fingerprint density at radius 3 is 1.09 bits per heavy atom. The van der Waals surface area contributed by atoms with Crippen molar-refractivity contribution in [1.29, 1.82) is 0 Å². The van der Waals surface area contributed by atoms with E-state index >= 15 is 0 Å². The lowest BCUT2D eigenvalue weighted by molar-refractivity contribution is -0.137. The lowest BCUT2D eigenvalue weighted by atomic mass is 10.1. The van der Waals surface area contributed by atoms with Gasteiger partial charge in [-0.15, -0.1) is 0 Å². The third kappa shape index (κ3) is 6.97. The maximum atomic E-state index is 13.8. The van der Waals surface area contributed by atoms with Gasteiger partial charge < -0.3 is 24.0 Å². The Kier molecular flexibility index (Phi) is 11.1. The molecule has 13 heteroatoms. The molecule has 6 amide bonds. The molecule has 1 fully saturated rings. The number of carbonyl (C=O) groups is 6. The van der Waals surface area contributed by atoms with Crippen molar-refractivity contribution in [3.63, 3.8) is 0 Å². The highest BCUT2D eigenvalue weighted by molar-refractivity contribution is 6.23. The molecule has 0 N–H and O–H groups in total. The second-order valence-corrected chi connectivity index (χ2v) is 11.4. The fourth-order valence-corrected chi connectivity index (χ4v) is 6.13. The minimum Gasteiger partial charge on any atom is -0.378 e. The van der Waals surface area contributed by atoms with Gasteiger partial charge in [-0.05, 0) is 37.1 Å². The molecule has 0 radical (unpaired) electrons. The van der Waals surface area contributed by atoms with Crippen LogP contribution in [0.25, 0.3) is 0 Å². The summed E-state index contributed by atoms with van der Waals surface area (Å²) >= 11 is 0. The SMILES string of the molecule is CCC(C(=O)N1CCOCCOCCN(C(=O)C(CC)N2C(=O)c3ccccc3C2=O)CCOCC1)N1C(=O)c2ccccc2C1=O. The quantitative estimate of drug-likeness (QED) is 0.429. The van der Waals surface area contributed by atoms with Crippen molar-refractivity contribution >= 4 is 35.4 Å². The normalized spacial score (nSPS) is 19.6. The number of amides is 6. The van der Waals surface area contributed by atoms with E-state index in [4.69, 9.17) is 14.2 Å². The summed E-state index contributed by atoms with van der Waals surface area (Å²) in [5.41, 5.74) is 1.11. The Labute approximate surface area is 273 Å². The number of benzene rings is 2. The fourth-order valence-electron chi connectivity index (χ4n) is 6.13. The van der Waals surface area contributed by atoms with Gasteiger partial charge in [-0.25, -0.2) is 0 Å². The highest BCUT2D eigenvalue weighted by Gasteiger charge is 2.44. The van der Waals surface area contributed by atoms with Crippen LogP contribution in [0.2, 0.25) is 0 Å². The van der Waals surface area contributed by atoms with E-state index in [2.05, 4.69) is 0 Å². The summed E-state index contributed by atoms with van der Waals surface area (Å²) in [6, 6.07) is 11.1. The van der Waals surface area contributed by atoms with Crippen LogP contribution in [-0.4, -0.2) is 133 Å². The number of ether oxygens (including phenoxy) is 3. The largest absolute Gasteiger partial charge is 0.378 e. The Morgan fingerprint density at radius 1 is 0.532 bits per heavy atom. The van der Waals surface area contributed by atoms with Crippen LogP contribution >= 0.6 is 0 Å². The van der Waals surface area contributed by atoms with Crippen molar-refractivity contribution in [3.8, 4) is 0 Å². The minimum atomic E-state index is -0.992. The smallest absolute Gasteiger partial charge is 0.262 e. The monoisotopic (exact) mass is 648 g/mol. The third-order valence-electron chi connectivity index (χ3n) is 8.64. The molecule has 250 valence electrons. The molecule has 5 rings (SSSR count). The molecule has 0 spiro atoms. The van der Waals surface area contributed by atoms with Gasteiger partial charge in [0, 0.05) is 26.2 Å². The van der Waals surface area contributed by atoms with Gasteiger partial charge in [0.05, 0.1) is 61.9 Å².